The molecule has 8 heteroatoms. The van der Waals surface area contributed by atoms with Crippen LogP contribution in [0.4, 0.5) is 8.78 Å². The second kappa shape index (κ2) is 14.1. The Bertz CT molecular complexity index is 1380. The SMILES string of the molecule is CC(CN1CCN(CCOC(c2ccc(F)cc2)c2ccc(F)cc2)CC1)C(=C=O)c1csc2ccccc12.Cl. The van der Waals surface area contributed by atoms with E-state index in [1.165, 1.54) is 29.0 Å². The van der Waals surface area contributed by atoms with Crippen LogP contribution in [0.5, 0.6) is 0 Å². The topological polar surface area (TPSA) is 32.8 Å². The molecule has 4 nitrogen and oxygen atoms in total. The van der Waals surface area contributed by atoms with E-state index < -0.39 is 6.10 Å². The highest BCUT2D eigenvalue weighted by molar-refractivity contribution is 7.17. The first-order valence-corrected chi connectivity index (χ1v) is 14.2. The standard InChI is InChI=1S/C32H32F2N2O2S.ClH/c1-23(29(21-37)30-22-39-31-5-3-2-4-28(30)31)20-36-16-14-35(15-17-36)18-19-38-32(24-6-10-26(33)11-7-24)25-8-12-27(34)13-9-25;/h2-13,22-23,32H,14-20H2,1H3;1H. The van der Waals surface area contributed by atoms with E-state index in [0.29, 0.717) is 6.61 Å². The lowest BCUT2D eigenvalue weighted by molar-refractivity contribution is 0.0443. The molecule has 0 bridgehead atoms. The highest BCUT2D eigenvalue weighted by Gasteiger charge is 2.23. The van der Waals surface area contributed by atoms with Crippen LogP contribution in [0.2, 0.25) is 0 Å². The van der Waals surface area contributed by atoms with E-state index in [2.05, 4.69) is 40.2 Å². The number of halogens is 3. The molecule has 210 valence electrons. The van der Waals surface area contributed by atoms with Gasteiger partial charge in [-0.15, -0.1) is 23.7 Å². The van der Waals surface area contributed by atoms with Crippen molar-refractivity contribution in [1.82, 2.24) is 9.80 Å². The minimum atomic E-state index is -0.393. The second-order valence-corrected chi connectivity index (χ2v) is 11.0. The van der Waals surface area contributed by atoms with Gasteiger partial charge in [-0.1, -0.05) is 49.4 Å². The summed E-state index contributed by atoms with van der Waals surface area (Å²) in [4.78, 5) is 16.7. The van der Waals surface area contributed by atoms with Crippen LogP contribution in [0.1, 0.15) is 29.7 Å². The summed E-state index contributed by atoms with van der Waals surface area (Å²) in [7, 11) is 0. The highest BCUT2D eigenvalue weighted by Crippen LogP contribution is 2.33. The van der Waals surface area contributed by atoms with Crippen molar-refractivity contribution in [1.29, 1.82) is 0 Å². The van der Waals surface area contributed by atoms with Crippen LogP contribution in [0.15, 0.2) is 78.2 Å². The first kappa shape index (κ1) is 30.1. The number of thiophene rings is 1. The van der Waals surface area contributed by atoms with E-state index >= 15 is 0 Å². The van der Waals surface area contributed by atoms with Gasteiger partial charge in [-0.05, 0) is 41.5 Å². The van der Waals surface area contributed by atoms with Gasteiger partial charge in [-0.2, -0.15) is 0 Å². The fraction of sp³-hybridized carbons (Fsp3) is 0.312. The molecule has 1 aromatic heterocycles. The molecule has 1 fully saturated rings. The summed E-state index contributed by atoms with van der Waals surface area (Å²) in [5.41, 5.74) is 3.42. The fourth-order valence-corrected chi connectivity index (χ4v) is 6.20. The van der Waals surface area contributed by atoms with Crippen molar-refractivity contribution in [3.8, 4) is 0 Å². The van der Waals surface area contributed by atoms with Gasteiger partial charge in [0.15, 0.2) is 0 Å². The van der Waals surface area contributed by atoms with Gasteiger partial charge in [0.05, 0.1) is 6.61 Å². The lowest BCUT2D eigenvalue weighted by Gasteiger charge is -2.36. The van der Waals surface area contributed by atoms with E-state index in [1.54, 1.807) is 35.6 Å². The van der Waals surface area contributed by atoms with Crippen LogP contribution in [-0.4, -0.2) is 61.6 Å². The number of piperazine rings is 1. The molecule has 3 aromatic carbocycles. The van der Waals surface area contributed by atoms with Crippen LogP contribution in [-0.2, 0) is 9.53 Å². The van der Waals surface area contributed by atoms with Gasteiger partial charge in [0, 0.05) is 71.8 Å². The monoisotopic (exact) mass is 582 g/mol. The Labute approximate surface area is 244 Å². The molecule has 2 heterocycles. The lowest BCUT2D eigenvalue weighted by atomic mass is 9.94. The predicted octanol–water partition coefficient (Wildman–Crippen LogP) is 6.88. The molecule has 0 radical (unpaired) electrons. The molecule has 40 heavy (non-hydrogen) atoms. The summed E-state index contributed by atoms with van der Waals surface area (Å²) < 4.78 is 34.4. The van der Waals surface area contributed by atoms with E-state index in [9.17, 15) is 13.6 Å². The number of fused-ring (bicyclic) bond motifs is 1. The molecule has 0 amide bonds. The molecule has 5 rings (SSSR count). The van der Waals surface area contributed by atoms with Crippen LogP contribution in [0.3, 0.4) is 0 Å². The van der Waals surface area contributed by atoms with Gasteiger partial charge in [0.25, 0.3) is 0 Å². The first-order chi connectivity index (χ1) is 19.0. The van der Waals surface area contributed by atoms with E-state index in [1.807, 2.05) is 12.1 Å². The molecule has 0 saturated carbocycles. The number of nitrogens with zero attached hydrogens (tertiary/aromatic N) is 2. The van der Waals surface area contributed by atoms with Gasteiger partial charge >= 0.3 is 0 Å². The molecular formula is C32H33ClF2N2O2S. The van der Waals surface area contributed by atoms with Crippen LogP contribution in [0, 0.1) is 17.6 Å². The molecule has 1 aliphatic rings. The minimum absolute atomic E-state index is 0. The number of carbonyl (C=O) groups excluding carboxylic acids is 1. The number of hydrogen-bond acceptors (Lipinski definition) is 5. The molecule has 1 atom stereocenters. The van der Waals surface area contributed by atoms with Crippen molar-refractivity contribution < 1.29 is 18.3 Å². The Morgan fingerprint density at radius 1 is 0.900 bits per heavy atom. The summed E-state index contributed by atoms with van der Waals surface area (Å²) in [6.07, 6.45) is -0.393. The largest absolute Gasteiger partial charge is 0.367 e. The van der Waals surface area contributed by atoms with Crippen LogP contribution < -0.4 is 0 Å². The Hall–Kier alpha value is -2.90. The van der Waals surface area contributed by atoms with Crippen molar-refractivity contribution in [2.24, 2.45) is 5.92 Å². The summed E-state index contributed by atoms with van der Waals surface area (Å²) in [5, 5.41) is 3.20. The second-order valence-electron chi connectivity index (χ2n) is 10.1. The van der Waals surface area contributed by atoms with Gasteiger partial charge in [-0.3, -0.25) is 4.90 Å². The molecular weight excluding hydrogens is 550 g/mol. The number of rotatable bonds is 10. The van der Waals surface area contributed by atoms with Crippen molar-refractivity contribution in [2.75, 3.05) is 45.9 Å². The third kappa shape index (κ3) is 7.24. The van der Waals surface area contributed by atoms with Crippen LogP contribution >= 0.6 is 23.7 Å². The first-order valence-electron chi connectivity index (χ1n) is 13.3. The maximum atomic E-state index is 13.5. The molecule has 1 aliphatic heterocycles. The Morgan fingerprint density at radius 2 is 1.48 bits per heavy atom. The van der Waals surface area contributed by atoms with E-state index in [-0.39, 0.29) is 30.0 Å². The normalized spacial score (nSPS) is 15.1. The Morgan fingerprint density at radius 3 is 2.08 bits per heavy atom. The highest BCUT2D eigenvalue weighted by atomic mass is 35.5. The van der Waals surface area contributed by atoms with Crippen molar-refractivity contribution >= 4 is 45.3 Å². The summed E-state index contributed by atoms with van der Waals surface area (Å²) in [6, 6.07) is 20.7. The Kier molecular flexibility index (Phi) is 10.6. The van der Waals surface area contributed by atoms with Crippen molar-refractivity contribution in [3.63, 3.8) is 0 Å². The average molecular weight is 583 g/mol. The van der Waals surface area contributed by atoms with Gasteiger partial charge in [0.1, 0.15) is 23.7 Å². The van der Waals surface area contributed by atoms with Crippen LogP contribution in [0.25, 0.3) is 15.7 Å². The zero-order valence-corrected chi connectivity index (χ0v) is 24.0. The van der Waals surface area contributed by atoms with Gasteiger partial charge < -0.3 is 9.64 Å². The zero-order valence-electron chi connectivity index (χ0n) is 22.4. The third-order valence-corrected chi connectivity index (χ3v) is 8.37. The maximum absolute atomic E-state index is 13.5. The van der Waals surface area contributed by atoms with E-state index in [4.69, 9.17) is 4.74 Å². The Balaban J connectivity index is 0.00000370. The third-order valence-electron chi connectivity index (χ3n) is 7.41. The molecule has 0 aliphatic carbocycles. The molecule has 0 N–H and O–H groups in total. The van der Waals surface area contributed by atoms with E-state index in [0.717, 1.165) is 66.9 Å². The number of benzene rings is 3. The van der Waals surface area contributed by atoms with Crippen molar-refractivity contribution in [2.45, 2.75) is 13.0 Å². The molecule has 1 saturated heterocycles. The molecule has 0 spiro atoms. The van der Waals surface area contributed by atoms with Gasteiger partial charge in [-0.25, -0.2) is 13.6 Å². The summed E-state index contributed by atoms with van der Waals surface area (Å²) in [5.74, 6) is 1.72. The lowest BCUT2D eigenvalue weighted by Crippen LogP contribution is -2.48. The summed E-state index contributed by atoms with van der Waals surface area (Å²) >= 11 is 1.66. The maximum Gasteiger partial charge on any atom is 0.128 e. The smallest absolute Gasteiger partial charge is 0.128 e. The zero-order chi connectivity index (χ0) is 27.2. The minimum Gasteiger partial charge on any atom is -0.367 e. The number of ether oxygens (including phenoxy) is 1. The average Bonchev–Trinajstić information content (AvgIpc) is 3.38. The fourth-order valence-electron chi connectivity index (χ4n) is 5.24. The molecule has 4 aromatic rings. The summed E-state index contributed by atoms with van der Waals surface area (Å²) in [6.45, 7) is 7.85. The molecule has 1 unspecified atom stereocenters. The number of hydrogen-bond donors (Lipinski definition) is 0. The predicted molar refractivity (Wildman–Crippen MR) is 161 cm³/mol. The van der Waals surface area contributed by atoms with Crippen molar-refractivity contribution in [3.05, 3.63) is 107 Å². The quantitative estimate of drug-likeness (QED) is 0.191. The van der Waals surface area contributed by atoms with Gasteiger partial charge in [0.2, 0.25) is 0 Å².